The van der Waals surface area contributed by atoms with Crippen LogP contribution in [0, 0.1) is 36.4 Å². The van der Waals surface area contributed by atoms with Crippen molar-refractivity contribution in [3.63, 3.8) is 0 Å². The summed E-state index contributed by atoms with van der Waals surface area (Å²) >= 11 is 5.92. The Balaban J connectivity index is 1.07. The molecule has 3 saturated carbocycles. The van der Waals surface area contributed by atoms with E-state index in [1.807, 2.05) is 17.9 Å². The largest absolute Gasteiger partial charge is 0.379 e. The van der Waals surface area contributed by atoms with Crippen molar-refractivity contribution in [2.45, 2.75) is 75.0 Å². The molecule has 0 amide bonds. The molecule has 3 aromatic rings. The maximum Gasteiger partial charge on any atom is 0.230 e. The van der Waals surface area contributed by atoms with Crippen LogP contribution in [0.1, 0.15) is 73.5 Å². The zero-order valence-electron chi connectivity index (χ0n) is 21.4. The van der Waals surface area contributed by atoms with E-state index in [1.165, 1.54) is 6.07 Å². The number of hydrogen-bond donors (Lipinski definition) is 3. The van der Waals surface area contributed by atoms with Crippen LogP contribution in [0.2, 0.25) is 5.02 Å². The van der Waals surface area contributed by atoms with Gasteiger partial charge in [-0.25, -0.2) is 9.37 Å². The van der Waals surface area contributed by atoms with Gasteiger partial charge in [-0.15, -0.1) is 0 Å². The van der Waals surface area contributed by atoms with E-state index in [-0.39, 0.29) is 10.9 Å². The third kappa shape index (κ3) is 4.81. The summed E-state index contributed by atoms with van der Waals surface area (Å²) in [7, 11) is 1.98. The quantitative estimate of drug-likeness (QED) is 0.411. The highest BCUT2D eigenvalue weighted by Crippen LogP contribution is 2.54. The Morgan fingerprint density at radius 1 is 1.13 bits per heavy atom. The van der Waals surface area contributed by atoms with E-state index in [0.717, 1.165) is 29.9 Å². The molecule has 2 heterocycles. The second-order valence-corrected chi connectivity index (χ2v) is 11.8. The van der Waals surface area contributed by atoms with Crippen LogP contribution in [0.4, 0.5) is 10.1 Å². The number of nitrogens with one attached hydrogen (secondary N) is 1. The SMILES string of the molecule is Cc1noc(C2CC(O)(C#CC3(O)CC4CC(c5ncn(C)c5CNc5ccc(F)c(Cl)c5)CC4C3)C2)n1. The highest BCUT2D eigenvalue weighted by atomic mass is 35.5. The summed E-state index contributed by atoms with van der Waals surface area (Å²) in [6.07, 6.45) is 5.83. The number of imidazole rings is 1. The van der Waals surface area contributed by atoms with Gasteiger partial charge in [0.1, 0.15) is 17.0 Å². The molecule has 3 aliphatic carbocycles. The van der Waals surface area contributed by atoms with E-state index in [0.29, 0.717) is 61.7 Å². The van der Waals surface area contributed by atoms with Crippen molar-refractivity contribution in [3.8, 4) is 11.8 Å². The summed E-state index contributed by atoms with van der Waals surface area (Å²) in [4.78, 5) is 8.97. The fraction of sp³-hybridized carbons (Fsp3) is 0.536. The molecule has 2 unspecified atom stereocenters. The first-order valence-corrected chi connectivity index (χ1v) is 13.5. The van der Waals surface area contributed by atoms with Crippen LogP contribution in [0.5, 0.6) is 0 Å². The second-order valence-electron chi connectivity index (χ2n) is 11.4. The molecule has 1 aromatic carbocycles. The molecule has 0 aliphatic heterocycles. The summed E-state index contributed by atoms with van der Waals surface area (Å²) in [5.74, 6) is 7.76. The van der Waals surface area contributed by atoms with Crippen LogP contribution in [0.25, 0.3) is 0 Å². The minimum absolute atomic E-state index is 0.0101. The van der Waals surface area contributed by atoms with Crippen LogP contribution in [-0.4, -0.2) is 41.1 Å². The van der Waals surface area contributed by atoms with Gasteiger partial charge in [0.25, 0.3) is 0 Å². The maximum absolute atomic E-state index is 13.5. The van der Waals surface area contributed by atoms with Gasteiger partial charge in [0.05, 0.1) is 29.3 Å². The molecule has 10 heteroatoms. The molecule has 3 N–H and O–H groups in total. The highest BCUT2D eigenvalue weighted by molar-refractivity contribution is 6.31. The predicted octanol–water partition coefficient (Wildman–Crippen LogP) is 4.46. The average Bonchev–Trinajstić information content (AvgIpc) is 3.60. The van der Waals surface area contributed by atoms with Crippen LogP contribution < -0.4 is 5.32 Å². The van der Waals surface area contributed by atoms with Gasteiger partial charge >= 0.3 is 0 Å². The Morgan fingerprint density at radius 2 is 1.82 bits per heavy atom. The Morgan fingerprint density at radius 3 is 2.45 bits per heavy atom. The van der Waals surface area contributed by atoms with Gasteiger partial charge in [-0.3, -0.25) is 0 Å². The van der Waals surface area contributed by atoms with Gasteiger partial charge in [0.2, 0.25) is 5.89 Å². The topological polar surface area (TPSA) is 109 Å². The molecular formula is C28H31ClFN5O3. The van der Waals surface area contributed by atoms with Crippen molar-refractivity contribution < 1.29 is 19.1 Å². The monoisotopic (exact) mass is 539 g/mol. The first-order chi connectivity index (χ1) is 18.1. The number of rotatable bonds is 5. The van der Waals surface area contributed by atoms with E-state index in [2.05, 4.69) is 27.3 Å². The number of fused-ring (bicyclic) bond motifs is 1. The summed E-state index contributed by atoms with van der Waals surface area (Å²) in [5.41, 5.74) is 0.723. The number of nitrogens with zero attached hydrogens (tertiary/aromatic N) is 4. The molecule has 0 bridgehead atoms. The van der Waals surface area contributed by atoms with Crippen molar-refractivity contribution >= 4 is 17.3 Å². The van der Waals surface area contributed by atoms with Crippen LogP contribution in [0.15, 0.2) is 29.0 Å². The fourth-order valence-corrected chi connectivity index (χ4v) is 6.73. The normalized spacial score (nSPS) is 31.9. The fourth-order valence-electron chi connectivity index (χ4n) is 6.55. The van der Waals surface area contributed by atoms with E-state index >= 15 is 0 Å². The molecule has 2 atom stereocenters. The third-order valence-electron chi connectivity index (χ3n) is 8.49. The van der Waals surface area contributed by atoms with E-state index in [4.69, 9.17) is 21.1 Å². The van der Waals surface area contributed by atoms with Crippen molar-refractivity contribution in [2.75, 3.05) is 5.32 Å². The van der Waals surface area contributed by atoms with E-state index in [1.54, 1.807) is 19.1 Å². The van der Waals surface area contributed by atoms with Gasteiger partial charge in [0, 0.05) is 24.6 Å². The number of anilines is 1. The minimum atomic E-state index is -1.12. The smallest absolute Gasteiger partial charge is 0.230 e. The lowest BCUT2D eigenvalue weighted by atomic mass is 9.71. The summed E-state index contributed by atoms with van der Waals surface area (Å²) in [6, 6.07) is 4.61. The summed E-state index contributed by atoms with van der Waals surface area (Å²) in [6.45, 7) is 2.32. The third-order valence-corrected chi connectivity index (χ3v) is 8.78. The van der Waals surface area contributed by atoms with Gasteiger partial charge < -0.3 is 24.6 Å². The van der Waals surface area contributed by atoms with Gasteiger partial charge in [-0.2, -0.15) is 4.98 Å². The lowest BCUT2D eigenvalue weighted by Gasteiger charge is -2.37. The molecule has 0 radical (unpaired) electrons. The molecule has 38 heavy (non-hydrogen) atoms. The standard InChI is InChI=1S/C28H31ClFN5O3/c1-16-33-26(38-34-16)20-12-28(37,13-20)6-5-27(36)10-18-7-17(8-19(18)11-27)25-24(35(2)15-32-25)14-31-21-3-4-23(30)22(29)9-21/h3-4,9,15,17-20,31,36-37H,7-8,10-14H2,1-2H3. The van der Waals surface area contributed by atoms with E-state index in [9.17, 15) is 14.6 Å². The molecular weight excluding hydrogens is 509 g/mol. The molecule has 3 aliphatic rings. The molecule has 2 aromatic heterocycles. The maximum atomic E-state index is 13.5. The molecule has 0 spiro atoms. The van der Waals surface area contributed by atoms with Gasteiger partial charge in [0.15, 0.2) is 5.82 Å². The summed E-state index contributed by atoms with van der Waals surface area (Å²) < 4.78 is 20.7. The molecule has 0 saturated heterocycles. The molecule has 8 nitrogen and oxygen atoms in total. The van der Waals surface area contributed by atoms with Crippen LogP contribution >= 0.6 is 11.6 Å². The van der Waals surface area contributed by atoms with E-state index < -0.39 is 17.0 Å². The number of halogens is 2. The summed E-state index contributed by atoms with van der Waals surface area (Å²) in [5, 5.41) is 29.3. The molecule has 200 valence electrons. The van der Waals surface area contributed by atoms with Gasteiger partial charge in [-0.1, -0.05) is 28.6 Å². The molecule has 6 rings (SSSR count). The van der Waals surface area contributed by atoms with Crippen molar-refractivity contribution in [1.29, 1.82) is 0 Å². The number of aryl methyl sites for hydroxylation is 2. The first kappa shape index (κ1) is 25.4. The van der Waals surface area contributed by atoms with Crippen molar-refractivity contribution in [2.24, 2.45) is 18.9 Å². The number of aromatic nitrogens is 4. The van der Waals surface area contributed by atoms with Crippen molar-refractivity contribution in [3.05, 3.63) is 58.5 Å². The zero-order chi connectivity index (χ0) is 26.7. The number of benzene rings is 1. The Hall–Kier alpha value is -2.93. The first-order valence-electron chi connectivity index (χ1n) is 13.1. The van der Waals surface area contributed by atoms with Crippen LogP contribution in [-0.2, 0) is 13.6 Å². The van der Waals surface area contributed by atoms with Gasteiger partial charge in [-0.05, 0) is 75.5 Å². The Labute approximate surface area is 225 Å². The lowest BCUT2D eigenvalue weighted by molar-refractivity contribution is -0.00398. The number of hydrogen-bond acceptors (Lipinski definition) is 7. The van der Waals surface area contributed by atoms with Crippen molar-refractivity contribution in [1.82, 2.24) is 19.7 Å². The zero-order valence-corrected chi connectivity index (χ0v) is 22.2. The number of aliphatic hydroxyl groups is 2. The minimum Gasteiger partial charge on any atom is -0.379 e. The predicted molar refractivity (Wildman–Crippen MR) is 139 cm³/mol. The highest BCUT2D eigenvalue weighted by Gasteiger charge is 2.50. The molecule has 3 fully saturated rings. The second kappa shape index (κ2) is 9.37. The Bertz CT molecular complexity index is 1410. The lowest BCUT2D eigenvalue weighted by Crippen LogP contribution is -2.42. The Kier molecular flexibility index (Phi) is 6.25. The average molecular weight is 540 g/mol. The van der Waals surface area contributed by atoms with Crippen LogP contribution in [0.3, 0.4) is 0 Å².